The van der Waals surface area contributed by atoms with Crippen molar-refractivity contribution < 1.29 is 9.18 Å². The summed E-state index contributed by atoms with van der Waals surface area (Å²) < 4.78 is 14.6. The van der Waals surface area contributed by atoms with Gasteiger partial charge in [-0.15, -0.1) is 0 Å². The van der Waals surface area contributed by atoms with Gasteiger partial charge in [-0.2, -0.15) is 5.10 Å². The maximum absolute atomic E-state index is 12.9. The van der Waals surface area contributed by atoms with E-state index in [0.717, 1.165) is 11.4 Å². The summed E-state index contributed by atoms with van der Waals surface area (Å²) >= 11 is 1.27. The molecule has 0 saturated carbocycles. The Bertz CT molecular complexity index is 867. The number of hydrogen-bond donors (Lipinski definition) is 1. The van der Waals surface area contributed by atoms with Gasteiger partial charge in [-0.3, -0.25) is 4.79 Å². The van der Waals surface area contributed by atoms with Crippen molar-refractivity contribution in [3.8, 4) is 5.13 Å². The Balaban J connectivity index is 1.87. The van der Waals surface area contributed by atoms with Gasteiger partial charge in [0.1, 0.15) is 10.7 Å². The zero-order valence-corrected chi connectivity index (χ0v) is 13.7. The highest BCUT2D eigenvalue weighted by Crippen LogP contribution is 2.24. The Morgan fingerprint density at radius 2 is 1.91 bits per heavy atom. The van der Waals surface area contributed by atoms with Gasteiger partial charge in [-0.05, 0) is 51.1 Å². The molecule has 0 spiro atoms. The van der Waals surface area contributed by atoms with Gasteiger partial charge in [-0.25, -0.2) is 14.1 Å². The molecule has 3 rings (SSSR count). The van der Waals surface area contributed by atoms with E-state index in [9.17, 15) is 9.18 Å². The fourth-order valence-corrected chi connectivity index (χ4v) is 3.20. The minimum atomic E-state index is -0.344. The van der Waals surface area contributed by atoms with Crippen LogP contribution in [0.4, 0.5) is 10.1 Å². The van der Waals surface area contributed by atoms with Gasteiger partial charge in [0, 0.05) is 11.4 Å². The van der Waals surface area contributed by atoms with Crippen LogP contribution in [-0.4, -0.2) is 20.7 Å². The minimum Gasteiger partial charge on any atom is -0.321 e. The average molecular weight is 330 g/mol. The van der Waals surface area contributed by atoms with Gasteiger partial charge >= 0.3 is 0 Å². The SMILES string of the molecule is Cc1cc(C)n(-c2nc(C)c(C(=O)Nc3ccc(F)cc3)s2)n1. The Morgan fingerprint density at radius 1 is 1.22 bits per heavy atom. The molecule has 1 aromatic carbocycles. The largest absolute Gasteiger partial charge is 0.321 e. The second kappa shape index (κ2) is 5.92. The highest BCUT2D eigenvalue weighted by Gasteiger charge is 2.18. The number of thiazole rings is 1. The van der Waals surface area contributed by atoms with Gasteiger partial charge in [0.15, 0.2) is 0 Å². The molecule has 0 aliphatic heterocycles. The van der Waals surface area contributed by atoms with Gasteiger partial charge in [-0.1, -0.05) is 11.3 Å². The standard InChI is InChI=1S/C16H15FN4OS/c1-9-8-10(2)21(20-9)16-18-11(3)14(23-16)15(22)19-13-6-4-12(17)5-7-13/h4-8H,1-3H3,(H,19,22). The molecule has 23 heavy (non-hydrogen) atoms. The molecule has 7 heteroatoms. The summed E-state index contributed by atoms with van der Waals surface area (Å²) in [5, 5.41) is 7.78. The van der Waals surface area contributed by atoms with E-state index in [4.69, 9.17) is 0 Å². The van der Waals surface area contributed by atoms with Gasteiger partial charge in [0.05, 0.1) is 11.4 Å². The van der Waals surface area contributed by atoms with E-state index in [0.29, 0.717) is 21.4 Å². The molecule has 0 atom stereocenters. The van der Waals surface area contributed by atoms with Gasteiger partial charge in [0.25, 0.3) is 5.91 Å². The Labute approximate surface area is 136 Å². The lowest BCUT2D eigenvalue weighted by Crippen LogP contribution is -2.11. The first kappa shape index (κ1) is 15.4. The van der Waals surface area contributed by atoms with Crippen molar-refractivity contribution in [2.24, 2.45) is 0 Å². The minimum absolute atomic E-state index is 0.264. The van der Waals surface area contributed by atoms with E-state index in [1.54, 1.807) is 11.6 Å². The van der Waals surface area contributed by atoms with E-state index < -0.39 is 0 Å². The number of anilines is 1. The number of benzene rings is 1. The van der Waals surface area contributed by atoms with E-state index in [1.165, 1.54) is 35.6 Å². The molecule has 118 valence electrons. The van der Waals surface area contributed by atoms with E-state index in [1.807, 2.05) is 19.9 Å². The van der Waals surface area contributed by atoms with Crippen molar-refractivity contribution in [3.63, 3.8) is 0 Å². The van der Waals surface area contributed by atoms with Crippen molar-refractivity contribution in [1.82, 2.24) is 14.8 Å². The summed E-state index contributed by atoms with van der Waals surface area (Å²) in [6, 6.07) is 7.60. The summed E-state index contributed by atoms with van der Waals surface area (Å²) in [6.45, 7) is 5.63. The summed E-state index contributed by atoms with van der Waals surface area (Å²) in [7, 11) is 0. The Morgan fingerprint density at radius 3 is 2.52 bits per heavy atom. The van der Waals surface area contributed by atoms with Crippen LogP contribution in [0.25, 0.3) is 5.13 Å². The quantitative estimate of drug-likeness (QED) is 0.797. The summed E-state index contributed by atoms with van der Waals surface area (Å²) in [5.41, 5.74) is 3.03. The van der Waals surface area contributed by atoms with Gasteiger partial charge in [0.2, 0.25) is 5.13 Å². The monoisotopic (exact) mass is 330 g/mol. The topological polar surface area (TPSA) is 59.8 Å². The molecule has 0 saturated heterocycles. The van der Waals surface area contributed by atoms with Crippen LogP contribution in [0, 0.1) is 26.6 Å². The maximum atomic E-state index is 12.9. The number of nitrogens with one attached hydrogen (secondary N) is 1. The van der Waals surface area contributed by atoms with Gasteiger partial charge < -0.3 is 5.32 Å². The molecule has 0 bridgehead atoms. The van der Waals surface area contributed by atoms with Crippen molar-refractivity contribution in [1.29, 1.82) is 0 Å². The fraction of sp³-hybridized carbons (Fsp3) is 0.188. The molecule has 0 radical (unpaired) electrons. The second-order valence-electron chi connectivity index (χ2n) is 5.21. The normalized spacial score (nSPS) is 10.8. The summed E-state index contributed by atoms with van der Waals surface area (Å²) in [5.74, 6) is -0.608. The first-order chi connectivity index (χ1) is 10.9. The van der Waals surface area contributed by atoms with E-state index >= 15 is 0 Å². The van der Waals surface area contributed by atoms with Crippen LogP contribution in [0.3, 0.4) is 0 Å². The number of carbonyl (C=O) groups is 1. The third-order valence-corrected chi connectivity index (χ3v) is 4.42. The van der Waals surface area contributed by atoms with Crippen molar-refractivity contribution in [2.45, 2.75) is 20.8 Å². The van der Waals surface area contributed by atoms with Crippen LogP contribution < -0.4 is 5.32 Å². The molecular formula is C16H15FN4OS. The molecule has 3 aromatic rings. The summed E-state index contributed by atoms with van der Waals surface area (Å²) in [4.78, 5) is 17.3. The average Bonchev–Trinajstić information content (AvgIpc) is 3.03. The molecule has 1 N–H and O–H groups in total. The summed E-state index contributed by atoms with van der Waals surface area (Å²) in [6.07, 6.45) is 0. The number of nitrogens with zero attached hydrogens (tertiary/aromatic N) is 3. The highest BCUT2D eigenvalue weighted by atomic mass is 32.1. The van der Waals surface area contributed by atoms with Crippen LogP contribution in [0.2, 0.25) is 0 Å². The number of rotatable bonds is 3. The zero-order valence-electron chi connectivity index (χ0n) is 12.9. The fourth-order valence-electron chi connectivity index (χ4n) is 2.23. The molecule has 0 aliphatic rings. The molecular weight excluding hydrogens is 315 g/mol. The molecule has 2 aromatic heterocycles. The number of carbonyl (C=O) groups excluding carboxylic acids is 1. The lowest BCUT2D eigenvalue weighted by Gasteiger charge is -2.03. The first-order valence-electron chi connectivity index (χ1n) is 7.02. The number of aromatic nitrogens is 3. The number of amides is 1. The van der Waals surface area contributed by atoms with Crippen LogP contribution in [0.15, 0.2) is 30.3 Å². The molecule has 0 fully saturated rings. The van der Waals surface area contributed by atoms with Crippen molar-refractivity contribution in [3.05, 3.63) is 58.1 Å². The van der Waals surface area contributed by atoms with E-state index in [-0.39, 0.29) is 11.7 Å². The molecule has 1 amide bonds. The van der Waals surface area contributed by atoms with E-state index in [2.05, 4.69) is 15.4 Å². The van der Waals surface area contributed by atoms with Crippen molar-refractivity contribution in [2.75, 3.05) is 5.32 Å². The lowest BCUT2D eigenvalue weighted by atomic mass is 10.3. The third-order valence-electron chi connectivity index (χ3n) is 3.28. The number of halogens is 1. The number of aryl methyl sites for hydroxylation is 3. The Hall–Kier alpha value is -2.54. The molecule has 0 aliphatic carbocycles. The highest BCUT2D eigenvalue weighted by molar-refractivity contribution is 7.16. The predicted molar refractivity (Wildman–Crippen MR) is 87.8 cm³/mol. The molecule has 5 nitrogen and oxygen atoms in total. The number of hydrogen-bond acceptors (Lipinski definition) is 4. The van der Waals surface area contributed by atoms with Crippen LogP contribution >= 0.6 is 11.3 Å². The third kappa shape index (κ3) is 3.14. The zero-order chi connectivity index (χ0) is 16.6. The predicted octanol–water partition coefficient (Wildman–Crippen LogP) is 3.65. The van der Waals surface area contributed by atoms with Crippen LogP contribution in [0.5, 0.6) is 0 Å². The van der Waals surface area contributed by atoms with Crippen LogP contribution in [-0.2, 0) is 0 Å². The van der Waals surface area contributed by atoms with Crippen LogP contribution in [0.1, 0.15) is 26.8 Å². The van der Waals surface area contributed by atoms with Crippen molar-refractivity contribution >= 4 is 22.9 Å². The second-order valence-corrected chi connectivity index (χ2v) is 6.19. The molecule has 0 unspecified atom stereocenters. The first-order valence-corrected chi connectivity index (χ1v) is 7.83. The maximum Gasteiger partial charge on any atom is 0.267 e. The lowest BCUT2D eigenvalue weighted by molar-refractivity contribution is 0.103. The smallest absolute Gasteiger partial charge is 0.267 e. The Kier molecular flexibility index (Phi) is 3.96. The molecule has 2 heterocycles.